The average Bonchev–Trinajstić information content (AvgIpc) is 3.73. The summed E-state index contributed by atoms with van der Waals surface area (Å²) in [6.07, 6.45) is -4.98. The van der Waals surface area contributed by atoms with Crippen molar-refractivity contribution in [2.75, 3.05) is 24.7 Å². The third-order valence-corrected chi connectivity index (χ3v) is 7.78. The molecule has 2 aliphatic rings. The SMILES string of the molecule is Nc1ncnc2c1ncn2[C@@H]1O[C@H](COP(=O)(O)O)[C@@H](O)[C@H]1O.Nc1ncnc2c1ncn2[C@@H]1O[C@H](COP(=O)(O)O)[C@@H](O)[C@H]1O. The highest BCUT2D eigenvalue weighted by Gasteiger charge is 2.46. The summed E-state index contributed by atoms with van der Waals surface area (Å²) in [5, 5.41) is 40.1. The standard InChI is InChI=1S/2C10H14N5O7P/c2*11-8-5-9(13-2-12-8)15(3-14-5)10-7(17)6(16)4(22-10)1-21-23(18,19)20/h2*2-4,6-7,10,16-17H,1H2,(H2,11,12,13)(H2,18,19,20)/t2*4-,6-,7-,10-/m11/s1. The molecule has 26 heteroatoms. The maximum Gasteiger partial charge on any atom is 0.469 e. The molecule has 0 aliphatic carbocycles. The molecule has 8 atom stereocenters. The van der Waals surface area contributed by atoms with Crippen LogP contribution in [0.25, 0.3) is 22.3 Å². The highest BCUT2D eigenvalue weighted by atomic mass is 31.2. The third kappa shape index (κ3) is 7.15. The zero-order chi connectivity index (χ0) is 33.6. The van der Waals surface area contributed by atoms with Crippen molar-refractivity contribution in [3.05, 3.63) is 25.3 Å². The fourth-order valence-electron chi connectivity index (χ4n) is 4.65. The molecule has 46 heavy (non-hydrogen) atoms. The molecule has 6 heterocycles. The highest BCUT2D eigenvalue weighted by molar-refractivity contribution is 7.46. The minimum atomic E-state index is -4.72. The van der Waals surface area contributed by atoms with Crippen molar-refractivity contribution in [2.45, 2.75) is 49.1 Å². The lowest BCUT2D eigenvalue weighted by Gasteiger charge is -2.16. The number of hydrogen-bond acceptors (Lipinski definition) is 18. The molecule has 4 aromatic rings. The fraction of sp³-hybridized carbons (Fsp3) is 0.500. The van der Waals surface area contributed by atoms with Crippen molar-refractivity contribution >= 4 is 49.6 Å². The van der Waals surface area contributed by atoms with E-state index in [4.69, 9.17) is 40.5 Å². The lowest BCUT2D eigenvalue weighted by Crippen LogP contribution is -2.33. The van der Waals surface area contributed by atoms with Gasteiger partial charge >= 0.3 is 15.6 Å². The number of nitrogens with zero attached hydrogens (tertiary/aromatic N) is 8. The van der Waals surface area contributed by atoms with Crippen LogP contribution in [0, 0.1) is 0 Å². The number of ether oxygens (including phenoxy) is 2. The van der Waals surface area contributed by atoms with Gasteiger partial charge < -0.3 is 60.9 Å². The second kappa shape index (κ2) is 13.1. The number of aliphatic hydroxyl groups is 4. The molecule has 0 unspecified atom stereocenters. The maximum absolute atomic E-state index is 10.7. The van der Waals surface area contributed by atoms with Crippen LogP contribution in [0.15, 0.2) is 25.3 Å². The number of fused-ring (bicyclic) bond motifs is 2. The van der Waals surface area contributed by atoms with Crippen LogP contribution in [0.2, 0.25) is 0 Å². The van der Waals surface area contributed by atoms with Crippen molar-refractivity contribution in [3.8, 4) is 0 Å². The molecule has 2 fully saturated rings. The number of aromatic nitrogens is 8. The van der Waals surface area contributed by atoms with E-state index in [1.54, 1.807) is 0 Å². The minimum absolute atomic E-state index is 0.142. The summed E-state index contributed by atoms with van der Waals surface area (Å²) >= 11 is 0. The van der Waals surface area contributed by atoms with Crippen LogP contribution in [0.1, 0.15) is 12.5 Å². The van der Waals surface area contributed by atoms with E-state index in [1.165, 1.54) is 34.4 Å². The Morgan fingerprint density at radius 3 is 1.37 bits per heavy atom. The number of rotatable bonds is 8. The Bertz CT molecular complexity index is 1650. The van der Waals surface area contributed by atoms with Crippen LogP contribution in [-0.2, 0) is 27.7 Å². The normalized spacial score (nSPS) is 28.5. The molecule has 0 saturated carbocycles. The number of aliphatic hydroxyl groups excluding tert-OH is 4. The van der Waals surface area contributed by atoms with Crippen molar-refractivity contribution < 1.29 is 67.7 Å². The van der Waals surface area contributed by atoms with Gasteiger partial charge in [0.25, 0.3) is 0 Å². The first kappa shape index (κ1) is 34.0. The fourth-order valence-corrected chi connectivity index (χ4v) is 5.33. The van der Waals surface area contributed by atoms with E-state index in [-0.39, 0.29) is 22.9 Å². The number of nitrogen functional groups attached to an aromatic ring is 2. The van der Waals surface area contributed by atoms with Gasteiger partial charge in [-0.2, -0.15) is 0 Å². The summed E-state index contributed by atoms with van der Waals surface area (Å²) in [6, 6.07) is 0. The summed E-state index contributed by atoms with van der Waals surface area (Å²) in [6.45, 7) is -1.19. The first-order chi connectivity index (χ1) is 21.6. The predicted octanol–water partition coefficient (Wildman–Crippen LogP) is -3.73. The van der Waals surface area contributed by atoms with Crippen molar-refractivity contribution in [1.29, 1.82) is 0 Å². The zero-order valence-electron chi connectivity index (χ0n) is 23.0. The molecular weight excluding hydrogens is 666 g/mol. The molecule has 12 N–H and O–H groups in total. The Kier molecular flexibility index (Phi) is 9.66. The van der Waals surface area contributed by atoms with Crippen LogP contribution in [-0.4, -0.2) is 129 Å². The minimum Gasteiger partial charge on any atom is -0.387 e. The number of phosphoric ester groups is 2. The van der Waals surface area contributed by atoms with Crippen molar-refractivity contribution in [1.82, 2.24) is 39.0 Å². The summed E-state index contributed by atoms with van der Waals surface area (Å²) in [5.41, 5.74) is 12.5. The van der Waals surface area contributed by atoms with Gasteiger partial charge in [0.15, 0.2) is 35.4 Å². The second-order valence-corrected chi connectivity index (χ2v) is 12.3. The second-order valence-electron chi connectivity index (χ2n) is 9.83. The van der Waals surface area contributed by atoms with E-state index in [0.717, 1.165) is 0 Å². The van der Waals surface area contributed by atoms with E-state index in [0.29, 0.717) is 11.0 Å². The molecule has 2 aliphatic heterocycles. The Morgan fingerprint density at radius 1 is 0.652 bits per heavy atom. The zero-order valence-corrected chi connectivity index (χ0v) is 24.8. The van der Waals surface area contributed by atoms with Gasteiger partial charge in [-0.15, -0.1) is 0 Å². The van der Waals surface area contributed by atoms with Gasteiger partial charge in [0.05, 0.1) is 25.9 Å². The van der Waals surface area contributed by atoms with Crippen molar-refractivity contribution in [2.24, 2.45) is 0 Å². The van der Waals surface area contributed by atoms with Gasteiger partial charge in [0.1, 0.15) is 60.3 Å². The summed E-state index contributed by atoms with van der Waals surface area (Å²) in [5.74, 6) is 0.284. The molecule has 0 aromatic carbocycles. The Labute approximate surface area is 255 Å². The van der Waals surface area contributed by atoms with Gasteiger partial charge in [-0.05, 0) is 0 Å². The Balaban J connectivity index is 0.000000181. The average molecular weight is 694 g/mol. The molecule has 0 amide bonds. The van der Waals surface area contributed by atoms with Gasteiger partial charge in [0.2, 0.25) is 0 Å². The van der Waals surface area contributed by atoms with Crippen LogP contribution < -0.4 is 11.5 Å². The van der Waals surface area contributed by atoms with Crippen LogP contribution >= 0.6 is 15.6 Å². The van der Waals surface area contributed by atoms with Gasteiger partial charge in [0, 0.05) is 0 Å². The van der Waals surface area contributed by atoms with Crippen LogP contribution in [0.4, 0.5) is 11.6 Å². The number of hydrogen-bond donors (Lipinski definition) is 10. The quantitative estimate of drug-likeness (QED) is 0.0792. The van der Waals surface area contributed by atoms with Gasteiger partial charge in [-0.25, -0.2) is 39.0 Å². The number of nitrogens with two attached hydrogens (primary N) is 2. The number of phosphoric acid groups is 2. The molecule has 6 rings (SSSR count). The molecule has 24 nitrogen and oxygen atoms in total. The first-order valence-electron chi connectivity index (χ1n) is 12.8. The summed E-state index contributed by atoms with van der Waals surface area (Å²) < 4.78 is 43.6. The number of anilines is 2. The molecule has 252 valence electrons. The smallest absolute Gasteiger partial charge is 0.387 e. The predicted molar refractivity (Wildman–Crippen MR) is 147 cm³/mol. The third-order valence-electron chi connectivity index (χ3n) is 6.81. The van der Waals surface area contributed by atoms with Crippen LogP contribution in [0.5, 0.6) is 0 Å². The molecule has 0 radical (unpaired) electrons. The van der Waals surface area contributed by atoms with Gasteiger partial charge in [-0.1, -0.05) is 0 Å². The van der Waals surface area contributed by atoms with Crippen molar-refractivity contribution in [3.63, 3.8) is 0 Å². The Hall–Kier alpha value is -3.32. The van der Waals surface area contributed by atoms with Gasteiger partial charge in [-0.3, -0.25) is 18.2 Å². The van der Waals surface area contributed by atoms with E-state index in [1.807, 2.05) is 0 Å². The van der Waals surface area contributed by atoms with E-state index >= 15 is 0 Å². The lowest BCUT2D eigenvalue weighted by molar-refractivity contribution is -0.0504. The van der Waals surface area contributed by atoms with Crippen LogP contribution in [0.3, 0.4) is 0 Å². The molecule has 4 aromatic heterocycles. The molecule has 0 spiro atoms. The molecule has 0 bridgehead atoms. The maximum atomic E-state index is 10.7. The molecular formula is C20H28N10O14P2. The Morgan fingerprint density at radius 2 is 1.02 bits per heavy atom. The summed E-state index contributed by atoms with van der Waals surface area (Å²) in [7, 11) is -9.44. The van der Waals surface area contributed by atoms with E-state index < -0.39 is 77.9 Å². The first-order valence-corrected chi connectivity index (χ1v) is 15.9. The van der Waals surface area contributed by atoms with E-state index in [2.05, 4.69) is 39.0 Å². The molecule has 2 saturated heterocycles. The summed E-state index contributed by atoms with van der Waals surface area (Å²) in [4.78, 5) is 58.4. The topological polar surface area (TPSA) is 372 Å². The number of imidazole rings is 2. The lowest BCUT2D eigenvalue weighted by atomic mass is 10.1. The monoisotopic (exact) mass is 694 g/mol. The van der Waals surface area contributed by atoms with E-state index in [9.17, 15) is 29.6 Å². The largest absolute Gasteiger partial charge is 0.469 e. The highest BCUT2D eigenvalue weighted by Crippen LogP contribution is 2.40.